The summed E-state index contributed by atoms with van der Waals surface area (Å²) < 4.78 is 4.85. The van der Waals surface area contributed by atoms with Gasteiger partial charge in [0.2, 0.25) is 0 Å². The second-order valence-corrected chi connectivity index (χ2v) is 3.05. The average Bonchev–Trinajstić information content (AvgIpc) is 2.08. The summed E-state index contributed by atoms with van der Waals surface area (Å²) in [7, 11) is 1.39. The first-order valence-electron chi connectivity index (χ1n) is 3.58. The van der Waals surface area contributed by atoms with Crippen molar-refractivity contribution in [3.8, 4) is 5.75 Å². The fraction of sp³-hybridized carbons (Fsp3) is 0.250. The molecule has 0 atom stereocenters. The van der Waals surface area contributed by atoms with Gasteiger partial charge in [0.25, 0.3) is 0 Å². The number of aryl methyl sites for hydroxylation is 1. The highest BCUT2D eigenvalue weighted by Crippen LogP contribution is 2.31. The van der Waals surface area contributed by atoms with E-state index in [-0.39, 0.29) is 11.4 Å². The van der Waals surface area contributed by atoms with E-state index in [9.17, 15) is 10.1 Å². The molecule has 13 heavy (non-hydrogen) atoms. The molecule has 0 unspecified atom stereocenters. The van der Waals surface area contributed by atoms with Gasteiger partial charge in [-0.1, -0.05) is 0 Å². The molecule has 4 nitrogen and oxygen atoms in total. The van der Waals surface area contributed by atoms with Crippen LogP contribution in [0.4, 0.5) is 5.69 Å². The third kappa shape index (κ3) is 1.92. The Morgan fingerprint density at radius 2 is 2.15 bits per heavy atom. The minimum absolute atomic E-state index is 0.0298. The maximum atomic E-state index is 10.5. The zero-order valence-corrected chi connectivity index (χ0v) is 8.17. The lowest BCUT2D eigenvalue weighted by molar-refractivity contribution is -0.385. The zero-order valence-electron chi connectivity index (χ0n) is 7.27. The van der Waals surface area contributed by atoms with Crippen molar-refractivity contribution in [2.75, 3.05) is 7.11 Å². The highest BCUT2D eigenvalue weighted by Gasteiger charge is 2.15. The van der Waals surface area contributed by atoms with Crippen LogP contribution in [0.25, 0.3) is 0 Å². The summed E-state index contributed by atoms with van der Waals surface area (Å²) in [6.07, 6.45) is 0. The van der Waals surface area contributed by atoms with E-state index in [0.717, 1.165) is 5.56 Å². The Morgan fingerprint density at radius 3 is 2.62 bits per heavy atom. The van der Waals surface area contributed by atoms with Gasteiger partial charge in [-0.05, 0) is 12.5 Å². The normalized spacial score (nSPS) is 9.77. The summed E-state index contributed by atoms with van der Waals surface area (Å²) in [5.41, 5.74) is 0.730. The maximum absolute atomic E-state index is 10.5. The van der Waals surface area contributed by atoms with Crippen LogP contribution in [0.3, 0.4) is 0 Å². The minimum Gasteiger partial charge on any atom is -0.490 e. The van der Waals surface area contributed by atoms with Crippen LogP contribution in [0.15, 0.2) is 17.0 Å². The molecule has 70 valence electrons. The molecule has 0 amide bonds. The molecule has 0 aromatic heterocycles. The van der Waals surface area contributed by atoms with Crippen LogP contribution in [0.1, 0.15) is 5.56 Å². The molecule has 0 aliphatic heterocycles. The zero-order chi connectivity index (χ0) is 10.0. The molecule has 0 radical (unpaired) electrons. The van der Waals surface area contributed by atoms with E-state index in [1.807, 2.05) is 0 Å². The van der Waals surface area contributed by atoms with Crippen molar-refractivity contribution >= 4 is 18.3 Å². The number of nitro groups is 1. The second kappa shape index (κ2) is 3.66. The van der Waals surface area contributed by atoms with E-state index in [4.69, 9.17) is 4.74 Å². The molecule has 1 aromatic carbocycles. The van der Waals surface area contributed by atoms with Crippen LogP contribution in [0.2, 0.25) is 0 Å². The molecule has 0 aliphatic carbocycles. The monoisotopic (exact) mass is 199 g/mol. The number of hydrogen-bond acceptors (Lipinski definition) is 4. The Labute approximate surface area is 81.1 Å². The number of nitrogens with zero attached hydrogens (tertiary/aromatic N) is 1. The third-order valence-corrected chi connectivity index (χ3v) is 2.18. The Morgan fingerprint density at radius 1 is 1.54 bits per heavy atom. The average molecular weight is 199 g/mol. The summed E-state index contributed by atoms with van der Waals surface area (Å²) in [5.74, 6) is 0.237. The number of benzene rings is 1. The quantitative estimate of drug-likeness (QED) is 0.451. The van der Waals surface area contributed by atoms with Crippen molar-refractivity contribution in [1.29, 1.82) is 0 Å². The van der Waals surface area contributed by atoms with E-state index >= 15 is 0 Å². The van der Waals surface area contributed by atoms with Crippen molar-refractivity contribution in [2.45, 2.75) is 11.8 Å². The lowest BCUT2D eigenvalue weighted by Gasteiger charge is -2.04. The van der Waals surface area contributed by atoms with E-state index in [2.05, 4.69) is 12.6 Å². The Bertz CT molecular complexity index is 351. The molecule has 0 N–H and O–H groups in total. The van der Waals surface area contributed by atoms with Crippen molar-refractivity contribution in [1.82, 2.24) is 0 Å². The Hall–Kier alpha value is -1.23. The highest BCUT2D eigenvalue weighted by atomic mass is 32.1. The number of rotatable bonds is 2. The molecule has 1 aromatic rings. The predicted octanol–water partition coefficient (Wildman–Crippen LogP) is 2.20. The first kappa shape index (κ1) is 9.85. The number of hydrogen-bond donors (Lipinski definition) is 1. The van der Waals surface area contributed by atoms with E-state index in [1.54, 1.807) is 6.92 Å². The standard InChI is InChI=1S/C8H9NO3S/c1-5-3-6(9(10)11)7(12-2)4-8(5)13/h3-4,13H,1-2H3. The molecule has 0 spiro atoms. The van der Waals surface area contributed by atoms with Gasteiger partial charge in [-0.3, -0.25) is 10.1 Å². The van der Waals surface area contributed by atoms with Crippen LogP contribution >= 0.6 is 12.6 Å². The van der Waals surface area contributed by atoms with E-state index < -0.39 is 4.92 Å². The van der Waals surface area contributed by atoms with Crippen LogP contribution in [0, 0.1) is 17.0 Å². The van der Waals surface area contributed by atoms with Crippen LogP contribution in [0.5, 0.6) is 5.75 Å². The number of thiol groups is 1. The molecule has 0 saturated heterocycles. The van der Waals surface area contributed by atoms with Gasteiger partial charge in [0, 0.05) is 17.0 Å². The van der Waals surface area contributed by atoms with E-state index in [0.29, 0.717) is 4.90 Å². The van der Waals surface area contributed by atoms with Crippen molar-refractivity contribution in [3.05, 3.63) is 27.8 Å². The summed E-state index contributed by atoms with van der Waals surface area (Å²) in [4.78, 5) is 10.8. The smallest absolute Gasteiger partial charge is 0.311 e. The highest BCUT2D eigenvalue weighted by molar-refractivity contribution is 7.80. The van der Waals surface area contributed by atoms with Crippen molar-refractivity contribution in [3.63, 3.8) is 0 Å². The molecular weight excluding hydrogens is 190 g/mol. The third-order valence-electron chi connectivity index (χ3n) is 1.69. The van der Waals surface area contributed by atoms with Crippen LogP contribution in [-0.2, 0) is 0 Å². The van der Waals surface area contributed by atoms with Gasteiger partial charge in [0.15, 0.2) is 5.75 Å². The van der Waals surface area contributed by atoms with Gasteiger partial charge in [0.05, 0.1) is 12.0 Å². The topological polar surface area (TPSA) is 52.4 Å². The fourth-order valence-corrected chi connectivity index (χ4v) is 1.15. The largest absolute Gasteiger partial charge is 0.490 e. The molecule has 0 bridgehead atoms. The lowest BCUT2D eigenvalue weighted by Crippen LogP contribution is -1.94. The Kier molecular flexibility index (Phi) is 2.77. The molecule has 0 heterocycles. The lowest BCUT2D eigenvalue weighted by atomic mass is 10.2. The predicted molar refractivity (Wildman–Crippen MR) is 51.6 cm³/mol. The van der Waals surface area contributed by atoms with Gasteiger partial charge in [-0.15, -0.1) is 12.6 Å². The first-order chi connectivity index (χ1) is 6.06. The van der Waals surface area contributed by atoms with Crippen LogP contribution < -0.4 is 4.74 Å². The van der Waals surface area contributed by atoms with Crippen LogP contribution in [-0.4, -0.2) is 12.0 Å². The van der Waals surface area contributed by atoms with Gasteiger partial charge in [-0.2, -0.15) is 0 Å². The molecule has 0 saturated carbocycles. The van der Waals surface area contributed by atoms with E-state index in [1.165, 1.54) is 19.2 Å². The fourth-order valence-electron chi connectivity index (χ4n) is 0.968. The number of nitro benzene ring substituents is 1. The number of methoxy groups -OCH3 is 1. The van der Waals surface area contributed by atoms with Gasteiger partial charge in [-0.25, -0.2) is 0 Å². The first-order valence-corrected chi connectivity index (χ1v) is 4.03. The van der Waals surface area contributed by atoms with Crippen molar-refractivity contribution < 1.29 is 9.66 Å². The maximum Gasteiger partial charge on any atom is 0.311 e. The Balaban J connectivity index is 3.33. The molecule has 0 fully saturated rings. The molecule has 5 heteroatoms. The van der Waals surface area contributed by atoms with Crippen molar-refractivity contribution in [2.24, 2.45) is 0 Å². The molecule has 1 rings (SSSR count). The van der Waals surface area contributed by atoms with Gasteiger partial charge in [0.1, 0.15) is 0 Å². The van der Waals surface area contributed by atoms with Gasteiger partial charge >= 0.3 is 5.69 Å². The summed E-state index contributed by atoms with van der Waals surface area (Å²) in [6, 6.07) is 2.98. The summed E-state index contributed by atoms with van der Waals surface area (Å²) in [5, 5.41) is 10.5. The van der Waals surface area contributed by atoms with Gasteiger partial charge < -0.3 is 4.74 Å². The summed E-state index contributed by atoms with van der Waals surface area (Å²) in [6.45, 7) is 1.76. The molecule has 0 aliphatic rings. The minimum atomic E-state index is -0.473. The SMILES string of the molecule is COc1cc(S)c(C)cc1[N+](=O)[O-]. The second-order valence-electron chi connectivity index (χ2n) is 2.57. The molecular formula is C8H9NO3S. The summed E-state index contributed by atoms with van der Waals surface area (Å²) >= 11 is 4.13. The number of ether oxygens (including phenoxy) is 1.